The van der Waals surface area contributed by atoms with Gasteiger partial charge in [-0.05, 0) is 48.2 Å². The summed E-state index contributed by atoms with van der Waals surface area (Å²) in [4.78, 5) is 13.0. The van der Waals surface area contributed by atoms with E-state index in [0.717, 1.165) is 40.4 Å². The molecule has 24 heavy (non-hydrogen) atoms. The lowest BCUT2D eigenvalue weighted by atomic mass is 9.67. The van der Waals surface area contributed by atoms with E-state index in [1.165, 1.54) is 0 Å². The number of Topliss-reactive ketones (excluding diaryl/α,β-unsaturated/α-hetero) is 1. The van der Waals surface area contributed by atoms with Crippen molar-refractivity contribution in [1.29, 1.82) is 0 Å². The van der Waals surface area contributed by atoms with Crippen molar-refractivity contribution in [3.63, 3.8) is 0 Å². The molecule has 1 aliphatic carbocycles. The predicted molar refractivity (Wildman–Crippen MR) is 97.4 cm³/mol. The van der Waals surface area contributed by atoms with Gasteiger partial charge in [0.25, 0.3) is 0 Å². The topological polar surface area (TPSA) is 29.1 Å². The molecule has 1 saturated carbocycles. The van der Waals surface area contributed by atoms with E-state index < -0.39 is 0 Å². The van der Waals surface area contributed by atoms with Gasteiger partial charge in [-0.25, -0.2) is 0 Å². The highest BCUT2D eigenvalue weighted by atomic mass is 35.5. The Labute approximate surface area is 152 Å². The molecule has 0 unspecified atom stereocenters. The molecular weight excluding hydrogens is 341 g/mol. The van der Waals surface area contributed by atoms with E-state index in [1.54, 1.807) is 0 Å². The highest BCUT2D eigenvalue weighted by molar-refractivity contribution is 6.30. The Bertz CT molecular complexity index is 680. The SMILES string of the molecule is O=C1[C@H]2CCC[C@H]1[C@H](c1ccc(Cl)cc1)N[C@H]2c1ccc(Cl)cc1. The third-order valence-corrected chi connectivity index (χ3v) is 5.89. The molecule has 0 radical (unpaired) electrons. The zero-order valence-corrected chi connectivity index (χ0v) is 14.7. The fraction of sp³-hybridized carbons (Fsp3) is 0.350. The van der Waals surface area contributed by atoms with Gasteiger partial charge in [0.2, 0.25) is 0 Å². The van der Waals surface area contributed by atoms with Gasteiger partial charge in [0.15, 0.2) is 0 Å². The number of benzene rings is 2. The average Bonchev–Trinajstić information content (AvgIpc) is 2.57. The van der Waals surface area contributed by atoms with E-state index in [0.29, 0.717) is 5.78 Å². The van der Waals surface area contributed by atoms with Crippen molar-refractivity contribution in [3.8, 4) is 0 Å². The number of fused-ring (bicyclic) bond motifs is 2. The van der Waals surface area contributed by atoms with Gasteiger partial charge in [-0.3, -0.25) is 4.79 Å². The number of carbonyl (C=O) groups excluding carboxylic acids is 1. The minimum absolute atomic E-state index is 0.0481. The summed E-state index contributed by atoms with van der Waals surface area (Å²) in [5.74, 6) is 0.529. The lowest BCUT2D eigenvalue weighted by Gasteiger charge is -2.45. The van der Waals surface area contributed by atoms with Crippen molar-refractivity contribution in [2.24, 2.45) is 11.8 Å². The molecule has 4 atom stereocenters. The smallest absolute Gasteiger partial charge is 0.142 e. The maximum atomic E-state index is 13.0. The molecule has 2 nitrogen and oxygen atoms in total. The lowest BCUT2D eigenvalue weighted by molar-refractivity contribution is -0.135. The number of hydrogen-bond donors (Lipinski definition) is 1. The quantitative estimate of drug-likeness (QED) is 0.781. The second kappa shape index (κ2) is 6.51. The van der Waals surface area contributed by atoms with Crippen LogP contribution in [0.15, 0.2) is 48.5 Å². The summed E-state index contributed by atoms with van der Waals surface area (Å²) < 4.78 is 0. The van der Waals surface area contributed by atoms with E-state index >= 15 is 0 Å². The number of ketones is 1. The molecule has 0 aromatic heterocycles. The molecule has 1 saturated heterocycles. The van der Waals surface area contributed by atoms with Crippen molar-refractivity contribution >= 4 is 29.0 Å². The predicted octanol–water partition coefficient (Wildman–Crippen LogP) is 5.36. The summed E-state index contributed by atoms with van der Waals surface area (Å²) in [6.45, 7) is 0. The largest absolute Gasteiger partial charge is 0.302 e. The first-order valence-electron chi connectivity index (χ1n) is 8.44. The van der Waals surface area contributed by atoms with Crippen LogP contribution in [-0.4, -0.2) is 5.78 Å². The van der Waals surface area contributed by atoms with Crippen molar-refractivity contribution in [2.75, 3.05) is 0 Å². The van der Waals surface area contributed by atoms with E-state index in [9.17, 15) is 4.79 Å². The van der Waals surface area contributed by atoms with Crippen LogP contribution in [0.2, 0.25) is 10.0 Å². The lowest BCUT2D eigenvalue weighted by Crippen LogP contribution is -2.50. The molecule has 124 valence electrons. The van der Waals surface area contributed by atoms with Crippen LogP contribution in [0.3, 0.4) is 0 Å². The van der Waals surface area contributed by atoms with Gasteiger partial charge in [-0.1, -0.05) is 53.9 Å². The van der Waals surface area contributed by atoms with Crippen molar-refractivity contribution in [3.05, 3.63) is 69.7 Å². The monoisotopic (exact) mass is 359 g/mol. The molecule has 2 aromatic rings. The summed E-state index contributed by atoms with van der Waals surface area (Å²) in [5.41, 5.74) is 2.27. The number of nitrogens with one attached hydrogen (secondary N) is 1. The number of hydrogen-bond acceptors (Lipinski definition) is 2. The van der Waals surface area contributed by atoms with Crippen LogP contribution in [0.4, 0.5) is 0 Å². The zero-order valence-electron chi connectivity index (χ0n) is 13.2. The number of rotatable bonds is 2. The van der Waals surface area contributed by atoms with Crippen LogP contribution in [0.25, 0.3) is 0 Å². The number of halogens is 2. The van der Waals surface area contributed by atoms with Gasteiger partial charge in [-0.2, -0.15) is 0 Å². The Morgan fingerprint density at radius 1 is 0.750 bits per heavy atom. The van der Waals surface area contributed by atoms with Crippen LogP contribution < -0.4 is 5.32 Å². The first-order chi connectivity index (χ1) is 11.6. The van der Waals surface area contributed by atoms with Crippen LogP contribution in [0.1, 0.15) is 42.5 Å². The minimum Gasteiger partial charge on any atom is -0.302 e. The van der Waals surface area contributed by atoms with Gasteiger partial charge < -0.3 is 5.32 Å². The molecule has 4 heteroatoms. The molecule has 2 aliphatic rings. The highest BCUT2D eigenvalue weighted by Gasteiger charge is 2.46. The molecule has 4 rings (SSSR count). The van der Waals surface area contributed by atoms with Crippen LogP contribution in [0.5, 0.6) is 0 Å². The van der Waals surface area contributed by atoms with Crippen molar-refractivity contribution in [1.82, 2.24) is 5.32 Å². The van der Waals surface area contributed by atoms with Gasteiger partial charge in [0.1, 0.15) is 5.78 Å². The fourth-order valence-corrected chi connectivity index (χ4v) is 4.45. The van der Waals surface area contributed by atoms with E-state index in [1.807, 2.05) is 48.5 Å². The summed E-state index contributed by atoms with van der Waals surface area (Å²) in [6, 6.07) is 15.8. The summed E-state index contributed by atoms with van der Waals surface area (Å²) in [6.07, 6.45) is 3.03. The molecule has 2 fully saturated rings. The van der Waals surface area contributed by atoms with Gasteiger partial charge in [0.05, 0.1) is 0 Å². The molecule has 1 N–H and O–H groups in total. The van der Waals surface area contributed by atoms with E-state index in [2.05, 4.69) is 5.32 Å². The second-order valence-electron chi connectivity index (χ2n) is 6.77. The van der Waals surface area contributed by atoms with Gasteiger partial charge in [0, 0.05) is 34.0 Å². The highest BCUT2D eigenvalue weighted by Crippen LogP contribution is 2.45. The standard InChI is InChI=1S/C20H19Cl2NO/c21-14-8-4-12(5-9-14)18-16-2-1-3-17(20(16)24)19(23-18)13-6-10-15(22)11-7-13/h4-11,16-19,23H,1-3H2/t16-,17-,18-,19-/m0/s1. The maximum Gasteiger partial charge on any atom is 0.142 e. The molecule has 2 bridgehead atoms. The number of piperidine rings is 1. The zero-order chi connectivity index (χ0) is 16.7. The van der Waals surface area contributed by atoms with E-state index in [-0.39, 0.29) is 23.9 Å². The van der Waals surface area contributed by atoms with E-state index in [4.69, 9.17) is 23.2 Å². The Kier molecular flexibility index (Phi) is 4.38. The normalized spacial score (nSPS) is 29.5. The summed E-state index contributed by atoms with van der Waals surface area (Å²) in [7, 11) is 0. The van der Waals surface area contributed by atoms with Crippen LogP contribution in [0, 0.1) is 11.8 Å². The van der Waals surface area contributed by atoms with Crippen LogP contribution >= 0.6 is 23.2 Å². The Balaban J connectivity index is 1.71. The maximum absolute atomic E-state index is 13.0. The van der Waals surface area contributed by atoms with Gasteiger partial charge in [-0.15, -0.1) is 0 Å². The van der Waals surface area contributed by atoms with Crippen molar-refractivity contribution in [2.45, 2.75) is 31.3 Å². The summed E-state index contributed by atoms with van der Waals surface area (Å²) in [5, 5.41) is 5.19. The fourth-order valence-electron chi connectivity index (χ4n) is 4.20. The summed E-state index contributed by atoms with van der Waals surface area (Å²) >= 11 is 12.0. The Hall–Kier alpha value is -1.35. The number of carbonyl (C=O) groups is 1. The molecule has 1 aliphatic heterocycles. The first kappa shape index (κ1) is 16.1. The molecular formula is C20H19Cl2NO. The molecule has 0 amide bonds. The third kappa shape index (κ3) is 2.88. The average molecular weight is 360 g/mol. The van der Waals surface area contributed by atoms with Crippen molar-refractivity contribution < 1.29 is 4.79 Å². The Morgan fingerprint density at radius 3 is 1.58 bits per heavy atom. The molecule has 1 heterocycles. The van der Waals surface area contributed by atoms with Gasteiger partial charge >= 0.3 is 0 Å². The van der Waals surface area contributed by atoms with Crippen LogP contribution in [-0.2, 0) is 4.79 Å². The third-order valence-electron chi connectivity index (χ3n) is 5.38. The molecule has 0 spiro atoms. The minimum atomic E-state index is 0.0481. The first-order valence-corrected chi connectivity index (χ1v) is 9.20. The Morgan fingerprint density at radius 2 is 1.17 bits per heavy atom. The second-order valence-corrected chi connectivity index (χ2v) is 7.64. The molecule has 2 aromatic carbocycles.